The molecule has 8 heteroatoms. The largest absolute Gasteiger partial charge is 0.478 e. The molecule has 1 aromatic rings. The third kappa shape index (κ3) is 4.27. The van der Waals surface area contributed by atoms with Gasteiger partial charge in [-0.1, -0.05) is 15.9 Å². The first-order chi connectivity index (χ1) is 9.29. The van der Waals surface area contributed by atoms with Crippen LogP contribution in [0.5, 0.6) is 0 Å². The van der Waals surface area contributed by atoms with E-state index in [2.05, 4.69) is 20.7 Å². The molecule has 0 saturated heterocycles. The average Bonchev–Trinajstić information content (AvgIpc) is 2.37. The molecular weight excluding hydrogens is 350 g/mol. The monoisotopic (exact) mass is 365 g/mol. The van der Waals surface area contributed by atoms with Crippen LogP contribution in [0.2, 0.25) is 0 Å². The third-order valence-corrected chi connectivity index (χ3v) is 5.12. The molecule has 20 heavy (non-hydrogen) atoms. The first-order valence-corrected chi connectivity index (χ1v) is 8.21. The molecule has 0 saturated carbocycles. The minimum atomic E-state index is -3.77. The summed E-state index contributed by atoms with van der Waals surface area (Å²) in [5, 5.41) is 17.6. The van der Waals surface area contributed by atoms with Crippen molar-refractivity contribution >= 4 is 31.9 Å². The van der Waals surface area contributed by atoms with Crippen molar-refractivity contribution in [3.63, 3.8) is 0 Å². The molecule has 0 aliphatic rings. The number of rotatable bonds is 7. The van der Waals surface area contributed by atoms with E-state index in [-0.39, 0.29) is 23.6 Å². The third-order valence-electron chi connectivity index (χ3n) is 2.71. The fourth-order valence-electron chi connectivity index (χ4n) is 1.58. The van der Waals surface area contributed by atoms with Gasteiger partial charge in [-0.25, -0.2) is 17.9 Å². The molecule has 0 atom stereocenters. The van der Waals surface area contributed by atoms with Crippen LogP contribution in [0.1, 0.15) is 28.8 Å². The molecule has 0 spiro atoms. The fourth-order valence-corrected chi connectivity index (χ4v) is 3.53. The van der Waals surface area contributed by atoms with Crippen molar-refractivity contribution in [2.45, 2.75) is 24.7 Å². The normalized spacial score (nSPS) is 11.6. The molecule has 0 aromatic heterocycles. The predicted molar refractivity (Wildman–Crippen MR) is 77.3 cm³/mol. The van der Waals surface area contributed by atoms with E-state index in [9.17, 15) is 13.2 Å². The second-order valence-corrected chi connectivity index (χ2v) is 6.80. The summed E-state index contributed by atoms with van der Waals surface area (Å²) in [6.07, 6.45) is 1.01. The summed E-state index contributed by atoms with van der Waals surface area (Å²) in [7, 11) is -3.77. The van der Waals surface area contributed by atoms with Crippen LogP contribution < -0.4 is 4.72 Å². The maximum absolute atomic E-state index is 12.2. The van der Waals surface area contributed by atoms with Crippen molar-refractivity contribution in [2.75, 3.05) is 13.2 Å². The Labute approximate surface area is 126 Å². The molecular formula is C12H16BrNO5S. The van der Waals surface area contributed by atoms with E-state index in [4.69, 9.17) is 10.2 Å². The topological polar surface area (TPSA) is 104 Å². The van der Waals surface area contributed by atoms with E-state index in [0.717, 1.165) is 6.07 Å². The second-order valence-electron chi connectivity index (χ2n) is 4.21. The lowest BCUT2D eigenvalue weighted by Gasteiger charge is -2.11. The van der Waals surface area contributed by atoms with Crippen LogP contribution in [0, 0.1) is 6.92 Å². The van der Waals surface area contributed by atoms with Crippen LogP contribution in [-0.4, -0.2) is 37.8 Å². The summed E-state index contributed by atoms with van der Waals surface area (Å²) in [5.74, 6) is -1.19. The highest BCUT2D eigenvalue weighted by Gasteiger charge is 2.20. The second kappa shape index (κ2) is 7.16. The number of nitrogens with one attached hydrogen (secondary N) is 1. The van der Waals surface area contributed by atoms with Crippen LogP contribution in [0.3, 0.4) is 0 Å². The van der Waals surface area contributed by atoms with Crippen LogP contribution in [0.15, 0.2) is 21.5 Å². The Balaban J connectivity index is 3.07. The zero-order valence-corrected chi connectivity index (χ0v) is 13.3. The molecule has 1 rings (SSSR count). The smallest absolute Gasteiger partial charge is 0.335 e. The number of carboxylic acid groups (broad SMARTS) is 1. The highest BCUT2D eigenvalue weighted by atomic mass is 79.9. The van der Waals surface area contributed by atoms with Gasteiger partial charge in [0.1, 0.15) is 0 Å². The van der Waals surface area contributed by atoms with Gasteiger partial charge in [0.05, 0.1) is 10.5 Å². The number of aliphatic hydroxyl groups excluding tert-OH is 1. The molecule has 6 nitrogen and oxygen atoms in total. The molecule has 1 aromatic carbocycles. The SMILES string of the molecule is Cc1c(Br)cc(C(=O)O)cc1S(=O)(=O)NCCCCO. The van der Waals surface area contributed by atoms with E-state index in [1.54, 1.807) is 6.92 Å². The number of sulfonamides is 1. The van der Waals surface area contributed by atoms with E-state index in [1.165, 1.54) is 6.07 Å². The Hall–Kier alpha value is -0.960. The fraction of sp³-hybridized carbons (Fsp3) is 0.417. The number of benzene rings is 1. The molecule has 0 bridgehead atoms. The van der Waals surface area contributed by atoms with Crippen molar-refractivity contribution < 1.29 is 23.4 Å². The van der Waals surface area contributed by atoms with Gasteiger partial charge in [-0.2, -0.15) is 0 Å². The Bertz CT molecular complexity index is 600. The molecule has 0 aliphatic heterocycles. The molecule has 3 N–H and O–H groups in total. The number of hydrogen-bond acceptors (Lipinski definition) is 4. The number of aliphatic hydroxyl groups is 1. The lowest BCUT2D eigenvalue weighted by molar-refractivity contribution is 0.0696. The van der Waals surface area contributed by atoms with Crippen LogP contribution in [0.25, 0.3) is 0 Å². The maximum Gasteiger partial charge on any atom is 0.335 e. The standard InChI is InChI=1S/C12H16BrNO5S/c1-8-10(13)6-9(12(16)17)7-11(8)20(18,19)14-4-2-3-5-15/h6-7,14-15H,2-5H2,1H3,(H,16,17). The van der Waals surface area contributed by atoms with Crippen molar-refractivity contribution in [2.24, 2.45) is 0 Å². The number of hydrogen-bond donors (Lipinski definition) is 3. The van der Waals surface area contributed by atoms with Crippen LogP contribution >= 0.6 is 15.9 Å². The molecule has 0 heterocycles. The van der Waals surface area contributed by atoms with Gasteiger partial charge in [-0.15, -0.1) is 0 Å². The summed E-state index contributed by atoms with van der Waals surface area (Å²) >= 11 is 3.16. The Morgan fingerprint density at radius 3 is 2.55 bits per heavy atom. The molecule has 0 unspecified atom stereocenters. The average molecular weight is 366 g/mol. The van der Waals surface area contributed by atoms with Crippen molar-refractivity contribution in [3.05, 3.63) is 27.7 Å². The van der Waals surface area contributed by atoms with Crippen molar-refractivity contribution in [1.82, 2.24) is 4.72 Å². The lowest BCUT2D eigenvalue weighted by atomic mass is 10.1. The zero-order chi connectivity index (χ0) is 15.3. The summed E-state index contributed by atoms with van der Waals surface area (Å²) < 4.78 is 27.1. The molecule has 112 valence electrons. The van der Waals surface area contributed by atoms with E-state index in [1.807, 2.05) is 0 Å². The number of halogens is 1. The summed E-state index contributed by atoms with van der Waals surface area (Å²) in [6.45, 7) is 1.79. The molecule has 0 amide bonds. The van der Waals surface area contributed by atoms with E-state index < -0.39 is 16.0 Å². The van der Waals surface area contributed by atoms with Gasteiger partial charge in [-0.05, 0) is 37.5 Å². The van der Waals surface area contributed by atoms with Crippen LogP contribution in [0.4, 0.5) is 0 Å². The first kappa shape index (κ1) is 17.1. The number of carboxylic acids is 1. The van der Waals surface area contributed by atoms with E-state index in [0.29, 0.717) is 22.9 Å². The van der Waals surface area contributed by atoms with Gasteiger partial charge in [0, 0.05) is 17.6 Å². The van der Waals surface area contributed by atoms with Crippen LogP contribution in [-0.2, 0) is 10.0 Å². The van der Waals surface area contributed by atoms with Gasteiger partial charge >= 0.3 is 5.97 Å². The van der Waals surface area contributed by atoms with Gasteiger partial charge in [0.2, 0.25) is 10.0 Å². The van der Waals surface area contributed by atoms with Gasteiger partial charge in [0.15, 0.2) is 0 Å². The Kier molecular flexibility index (Phi) is 6.12. The molecule has 0 fully saturated rings. The first-order valence-electron chi connectivity index (χ1n) is 5.93. The number of aromatic carboxylic acids is 1. The Morgan fingerprint density at radius 1 is 1.35 bits per heavy atom. The molecule has 0 radical (unpaired) electrons. The van der Waals surface area contributed by atoms with Gasteiger partial charge in [0.25, 0.3) is 0 Å². The summed E-state index contributed by atoms with van der Waals surface area (Å²) in [4.78, 5) is 10.9. The highest BCUT2D eigenvalue weighted by Crippen LogP contribution is 2.25. The predicted octanol–water partition coefficient (Wildman–Crippen LogP) is 1.51. The summed E-state index contributed by atoms with van der Waals surface area (Å²) in [6, 6.07) is 2.50. The van der Waals surface area contributed by atoms with Gasteiger partial charge < -0.3 is 10.2 Å². The minimum Gasteiger partial charge on any atom is -0.478 e. The van der Waals surface area contributed by atoms with Crippen molar-refractivity contribution in [3.8, 4) is 0 Å². The Morgan fingerprint density at radius 2 is 2.00 bits per heavy atom. The zero-order valence-electron chi connectivity index (χ0n) is 10.9. The minimum absolute atomic E-state index is 0.000797. The van der Waals surface area contributed by atoms with Gasteiger partial charge in [-0.3, -0.25) is 0 Å². The highest BCUT2D eigenvalue weighted by molar-refractivity contribution is 9.10. The lowest BCUT2D eigenvalue weighted by Crippen LogP contribution is -2.26. The van der Waals surface area contributed by atoms with E-state index >= 15 is 0 Å². The number of carbonyl (C=O) groups is 1. The quantitative estimate of drug-likeness (QED) is 0.635. The number of unbranched alkanes of at least 4 members (excludes halogenated alkanes) is 1. The van der Waals surface area contributed by atoms with Crippen molar-refractivity contribution in [1.29, 1.82) is 0 Å². The maximum atomic E-state index is 12.2. The summed E-state index contributed by atoms with van der Waals surface area (Å²) in [5.41, 5.74) is 0.350. The molecule has 0 aliphatic carbocycles.